The summed E-state index contributed by atoms with van der Waals surface area (Å²) in [5.74, 6) is 0.831. The van der Waals surface area contributed by atoms with Gasteiger partial charge in [0.2, 0.25) is 0 Å². The zero-order valence-electron chi connectivity index (χ0n) is 9.36. The van der Waals surface area contributed by atoms with Gasteiger partial charge in [-0.05, 0) is 25.3 Å². The first-order valence-electron chi connectivity index (χ1n) is 5.51. The van der Waals surface area contributed by atoms with Crippen LogP contribution in [0.2, 0.25) is 0 Å². The fraction of sp³-hybridized carbons (Fsp3) is 0.538. The van der Waals surface area contributed by atoms with E-state index in [1.165, 1.54) is 5.56 Å². The van der Waals surface area contributed by atoms with Crippen molar-refractivity contribution in [2.24, 2.45) is 0 Å². The first-order valence-corrected chi connectivity index (χ1v) is 6.56. The second-order valence-corrected chi connectivity index (χ2v) is 5.99. The molecule has 2 heteroatoms. The topological polar surface area (TPSA) is 20.2 Å². The molecule has 0 saturated carbocycles. The maximum atomic E-state index is 10.6. The van der Waals surface area contributed by atoms with Gasteiger partial charge in [-0.1, -0.05) is 36.8 Å². The predicted octanol–water partition coefficient (Wildman–Crippen LogP) is 3.10. The number of benzene rings is 1. The summed E-state index contributed by atoms with van der Waals surface area (Å²) in [6, 6.07) is 8.26. The fourth-order valence-electron chi connectivity index (χ4n) is 2.04. The van der Waals surface area contributed by atoms with Gasteiger partial charge < -0.3 is 5.11 Å². The summed E-state index contributed by atoms with van der Waals surface area (Å²) in [5, 5.41) is 11.3. The van der Waals surface area contributed by atoms with E-state index in [1.54, 1.807) is 0 Å². The van der Waals surface area contributed by atoms with Crippen LogP contribution < -0.4 is 0 Å². The normalized spacial score (nSPS) is 31.5. The molecular formula is C13H18OS. The molecule has 0 amide bonds. The number of aryl methyl sites for hydroxylation is 1. The molecule has 2 rings (SSSR count). The maximum Gasteiger partial charge on any atom is 0.0987 e. The van der Waals surface area contributed by atoms with Gasteiger partial charge >= 0.3 is 0 Å². The number of hydrogen-bond acceptors (Lipinski definition) is 2. The molecule has 0 radical (unpaired) electrons. The second kappa shape index (κ2) is 4.18. The molecule has 15 heavy (non-hydrogen) atoms. The van der Waals surface area contributed by atoms with E-state index in [9.17, 15) is 5.11 Å². The molecule has 1 aromatic rings. The standard InChI is InChI=1S/C13H18OS/c1-10-4-3-5-12(8-10)13(14)7-6-11(2)15-9-13/h3-5,8,11,14H,6-7,9H2,1-2H3. The van der Waals surface area contributed by atoms with Crippen molar-refractivity contribution in [3.8, 4) is 0 Å². The maximum absolute atomic E-state index is 10.6. The molecule has 2 atom stereocenters. The van der Waals surface area contributed by atoms with Crippen molar-refractivity contribution < 1.29 is 5.11 Å². The van der Waals surface area contributed by atoms with Crippen LogP contribution in [0.25, 0.3) is 0 Å². The minimum atomic E-state index is -0.594. The zero-order chi connectivity index (χ0) is 10.9. The lowest BCUT2D eigenvalue weighted by Gasteiger charge is -2.35. The highest BCUT2D eigenvalue weighted by molar-refractivity contribution is 7.99. The Hall–Kier alpha value is -0.470. The van der Waals surface area contributed by atoms with Crippen molar-refractivity contribution in [2.45, 2.75) is 37.5 Å². The van der Waals surface area contributed by atoms with Crippen LogP contribution in [0.4, 0.5) is 0 Å². The van der Waals surface area contributed by atoms with Crippen LogP contribution in [0.15, 0.2) is 24.3 Å². The molecule has 1 aromatic carbocycles. The molecule has 1 aliphatic heterocycles. The van der Waals surface area contributed by atoms with Crippen molar-refractivity contribution in [2.75, 3.05) is 5.75 Å². The summed E-state index contributed by atoms with van der Waals surface area (Å²) in [5.41, 5.74) is 1.72. The number of rotatable bonds is 1. The third kappa shape index (κ3) is 2.37. The molecule has 82 valence electrons. The molecule has 2 unspecified atom stereocenters. The van der Waals surface area contributed by atoms with Crippen LogP contribution in [0.5, 0.6) is 0 Å². The minimum absolute atomic E-state index is 0.594. The summed E-state index contributed by atoms with van der Waals surface area (Å²) >= 11 is 1.88. The highest BCUT2D eigenvalue weighted by Gasteiger charge is 2.33. The summed E-state index contributed by atoms with van der Waals surface area (Å²) < 4.78 is 0. The third-order valence-corrected chi connectivity index (χ3v) is 4.58. The van der Waals surface area contributed by atoms with Crippen molar-refractivity contribution in [3.05, 3.63) is 35.4 Å². The summed E-state index contributed by atoms with van der Waals surface area (Å²) in [7, 11) is 0. The smallest absolute Gasteiger partial charge is 0.0987 e. The van der Waals surface area contributed by atoms with Gasteiger partial charge in [-0.2, -0.15) is 11.8 Å². The lowest BCUT2D eigenvalue weighted by Crippen LogP contribution is -2.34. The van der Waals surface area contributed by atoms with Crippen LogP contribution in [0.1, 0.15) is 30.9 Å². The molecule has 1 saturated heterocycles. The highest BCUT2D eigenvalue weighted by Crippen LogP contribution is 2.38. The van der Waals surface area contributed by atoms with E-state index in [0.29, 0.717) is 5.25 Å². The monoisotopic (exact) mass is 222 g/mol. The lowest BCUT2D eigenvalue weighted by molar-refractivity contribution is 0.0471. The molecule has 0 aromatic heterocycles. The van der Waals surface area contributed by atoms with Gasteiger partial charge in [-0.3, -0.25) is 0 Å². The molecule has 1 N–H and O–H groups in total. The molecule has 1 heterocycles. The Labute approximate surface area is 95.9 Å². The average Bonchev–Trinajstić information content (AvgIpc) is 2.23. The first kappa shape index (κ1) is 11.0. The van der Waals surface area contributed by atoms with E-state index in [2.05, 4.69) is 26.0 Å². The Morgan fingerprint density at radius 2 is 2.27 bits per heavy atom. The Morgan fingerprint density at radius 3 is 2.87 bits per heavy atom. The van der Waals surface area contributed by atoms with Gasteiger partial charge in [-0.15, -0.1) is 0 Å². The lowest BCUT2D eigenvalue weighted by atomic mass is 9.89. The summed E-state index contributed by atoms with van der Waals surface area (Å²) in [4.78, 5) is 0. The van der Waals surface area contributed by atoms with Gasteiger partial charge in [-0.25, -0.2) is 0 Å². The van der Waals surface area contributed by atoms with E-state index < -0.39 is 5.60 Å². The Morgan fingerprint density at radius 1 is 1.47 bits per heavy atom. The largest absolute Gasteiger partial charge is 0.384 e. The Balaban J connectivity index is 2.22. The second-order valence-electron chi connectivity index (χ2n) is 4.56. The zero-order valence-corrected chi connectivity index (χ0v) is 10.2. The highest BCUT2D eigenvalue weighted by atomic mass is 32.2. The average molecular weight is 222 g/mol. The van der Waals surface area contributed by atoms with E-state index in [1.807, 2.05) is 23.9 Å². The van der Waals surface area contributed by atoms with Crippen molar-refractivity contribution >= 4 is 11.8 Å². The minimum Gasteiger partial charge on any atom is -0.384 e. The molecule has 0 aliphatic carbocycles. The van der Waals surface area contributed by atoms with Gasteiger partial charge in [0, 0.05) is 11.0 Å². The number of hydrogen-bond donors (Lipinski definition) is 1. The van der Waals surface area contributed by atoms with E-state index >= 15 is 0 Å². The Kier molecular flexibility index (Phi) is 3.08. The van der Waals surface area contributed by atoms with Gasteiger partial charge in [0.25, 0.3) is 0 Å². The molecule has 1 fully saturated rings. The van der Waals surface area contributed by atoms with Gasteiger partial charge in [0.05, 0.1) is 5.60 Å². The van der Waals surface area contributed by atoms with Crippen molar-refractivity contribution in [1.82, 2.24) is 0 Å². The quantitative estimate of drug-likeness (QED) is 0.788. The van der Waals surface area contributed by atoms with Crippen LogP contribution >= 0.6 is 11.8 Å². The van der Waals surface area contributed by atoms with Gasteiger partial charge in [0.15, 0.2) is 0 Å². The van der Waals surface area contributed by atoms with Crippen LogP contribution in [-0.4, -0.2) is 16.1 Å². The van der Waals surface area contributed by atoms with Crippen molar-refractivity contribution in [3.63, 3.8) is 0 Å². The molecule has 0 spiro atoms. The third-order valence-electron chi connectivity index (χ3n) is 3.13. The molecular weight excluding hydrogens is 204 g/mol. The van der Waals surface area contributed by atoms with E-state index in [4.69, 9.17) is 0 Å². The van der Waals surface area contributed by atoms with E-state index in [-0.39, 0.29) is 0 Å². The van der Waals surface area contributed by atoms with E-state index in [0.717, 1.165) is 24.2 Å². The predicted molar refractivity (Wildman–Crippen MR) is 66.2 cm³/mol. The van der Waals surface area contributed by atoms with Crippen LogP contribution in [0.3, 0.4) is 0 Å². The molecule has 1 aliphatic rings. The van der Waals surface area contributed by atoms with Gasteiger partial charge in [0.1, 0.15) is 0 Å². The fourth-order valence-corrected chi connectivity index (χ4v) is 3.20. The van der Waals surface area contributed by atoms with Crippen LogP contribution in [0, 0.1) is 6.92 Å². The SMILES string of the molecule is Cc1cccc(C2(O)CCC(C)SC2)c1. The Bertz CT molecular complexity index is 340. The van der Waals surface area contributed by atoms with Crippen LogP contribution in [-0.2, 0) is 5.60 Å². The summed E-state index contributed by atoms with van der Waals surface area (Å²) in [6.07, 6.45) is 2.00. The molecule has 1 nitrogen and oxygen atoms in total. The summed E-state index contributed by atoms with van der Waals surface area (Å²) in [6.45, 7) is 4.31. The molecule has 0 bridgehead atoms. The number of thioether (sulfide) groups is 1. The first-order chi connectivity index (χ1) is 7.10. The van der Waals surface area contributed by atoms with Crippen molar-refractivity contribution in [1.29, 1.82) is 0 Å². The number of aliphatic hydroxyl groups is 1.